The lowest BCUT2D eigenvalue weighted by molar-refractivity contribution is 0.417. The van der Waals surface area contributed by atoms with Gasteiger partial charge in [-0.1, -0.05) is 34.6 Å². The van der Waals surface area contributed by atoms with Gasteiger partial charge in [-0.3, -0.25) is 0 Å². The fraction of sp³-hybridized carbons (Fsp3) is 0.667. The first kappa shape index (κ1) is 15.4. The SMILES string of the molecule is CCc1nnc(N(C)CC(C)(C)C)c(C#N)c1CC. The molecule has 4 heteroatoms. The Morgan fingerprint density at radius 2 is 1.79 bits per heavy atom. The van der Waals surface area contributed by atoms with E-state index < -0.39 is 0 Å². The number of nitriles is 1. The lowest BCUT2D eigenvalue weighted by Gasteiger charge is -2.28. The molecule has 1 aromatic heterocycles. The zero-order valence-corrected chi connectivity index (χ0v) is 12.9. The summed E-state index contributed by atoms with van der Waals surface area (Å²) < 4.78 is 0. The van der Waals surface area contributed by atoms with Gasteiger partial charge in [0.15, 0.2) is 5.82 Å². The highest BCUT2D eigenvalue weighted by atomic mass is 15.3. The molecule has 0 aliphatic heterocycles. The van der Waals surface area contributed by atoms with Crippen molar-refractivity contribution in [2.45, 2.75) is 47.5 Å². The van der Waals surface area contributed by atoms with Gasteiger partial charge in [-0.25, -0.2) is 0 Å². The monoisotopic (exact) mass is 260 g/mol. The fourth-order valence-electron chi connectivity index (χ4n) is 2.33. The van der Waals surface area contributed by atoms with Crippen LogP contribution in [0.15, 0.2) is 0 Å². The van der Waals surface area contributed by atoms with Gasteiger partial charge in [0.2, 0.25) is 0 Å². The summed E-state index contributed by atoms with van der Waals surface area (Å²) in [4.78, 5) is 2.03. The molecule has 0 spiro atoms. The average molecular weight is 260 g/mol. The first-order chi connectivity index (χ1) is 8.84. The normalized spacial score (nSPS) is 11.2. The highest BCUT2D eigenvalue weighted by Gasteiger charge is 2.20. The Kier molecular flexibility index (Phi) is 4.88. The first-order valence-corrected chi connectivity index (χ1v) is 6.83. The van der Waals surface area contributed by atoms with E-state index in [1.165, 1.54) is 0 Å². The molecule has 0 bridgehead atoms. The van der Waals surface area contributed by atoms with Crippen LogP contribution in [-0.4, -0.2) is 23.8 Å². The Balaban J connectivity index is 3.26. The van der Waals surface area contributed by atoms with Crippen LogP contribution < -0.4 is 4.90 Å². The maximum atomic E-state index is 9.45. The third-order valence-electron chi connectivity index (χ3n) is 3.01. The van der Waals surface area contributed by atoms with Crippen LogP contribution in [0.5, 0.6) is 0 Å². The number of hydrogen-bond donors (Lipinski definition) is 0. The van der Waals surface area contributed by atoms with Crippen LogP contribution in [0.3, 0.4) is 0 Å². The van der Waals surface area contributed by atoms with Crippen molar-refractivity contribution in [3.05, 3.63) is 16.8 Å². The number of aromatic nitrogens is 2. The summed E-state index contributed by atoms with van der Waals surface area (Å²) in [7, 11) is 1.97. The number of hydrogen-bond acceptors (Lipinski definition) is 4. The van der Waals surface area contributed by atoms with Gasteiger partial charge in [0.05, 0.1) is 5.69 Å². The van der Waals surface area contributed by atoms with Crippen LogP contribution in [0.2, 0.25) is 0 Å². The summed E-state index contributed by atoms with van der Waals surface area (Å²) in [6.45, 7) is 11.5. The van der Waals surface area contributed by atoms with Gasteiger partial charge in [-0.05, 0) is 23.8 Å². The number of nitrogens with zero attached hydrogens (tertiary/aromatic N) is 4. The van der Waals surface area contributed by atoms with E-state index in [1.54, 1.807) is 0 Å². The van der Waals surface area contributed by atoms with Crippen LogP contribution in [0.1, 0.15) is 51.4 Å². The maximum absolute atomic E-state index is 9.45. The molecule has 1 heterocycles. The highest BCUT2D eigenvalue weighted by molar-refractivity contribution is 5.57. The molecule has 0 saturated carbocycles. The van der Waals surface area contributed by atoms with E-state index in [9.17, 15) is 5.26 Å². The highest BCUT2D eigenvalue weighted by Crippen LogP contribution is 2.25. The first-order valence-electron chi connectivity index (χ1n) is 6.83. The number of aryl methyl sites for hydroxylation is 1. The second-order valence-corrected chi connectivity index (χ2v) is 6.06. The molecule has 0 radical (unpaired) electrons. The van der Waals surface area contributed by atoms with Crippen molar-refractivity contribution in [1.29, 1.82) is 5.26 Å². The van der Waals surface area contributed by atoms with Crippen molar-refractivity contribution >= 4 is 5.82 Å². The quantitative estimate of drug-likeness (QED) is 0.835. The van der Waals surface area contributed by atoms with E-state index in [-0.39, 0.29) is 5.41 Å². The lowest BCUT2D eigenvalue weighted by Crippen LogP contribution is -2.31. The molecule has 0 aliphatic rings. The molecule has 0 aliphatic carbocycles. The lowest BCUT2D eigenvalue weighted by atomic mass is 9.96. The van der Waals surface area contributed by atoms with Crippen molar-refractivity contribution in [2.75, 3.05) is 18.5 Å². The van der Waals surface area contributed by atoms with Crippen LogP contribution in [-0.2, 0) is 12.8 Å². The molecule has 0 fully saturated rings. The summed E-state index contributed by atoms with van der Waals surface area (Å²) in [5, 5.41) is 18.0. The van der Waals surface area contributed by atoms with Crippen LogP contribution in [0.25, 0.3) is 0 Å². The van der Waals surface area contributed by atoms with E-state index in [4.69, 9.17) is 0 Å². The third-order valence-corrected chi connectivity index (χ3v) is 3.01. The van der Waals surface area contributed by atoms with E-state index in [1.807, 2.05) is 18.9 Å². The molecule has 0 amide bonds. The van der Waals surface area contributed by atoms with Crippen molar-refractivity contribution in [3.63, 3.8) is 0 Å². The maximum Gasteiger partial charge on any atom is 0.169 e. The molecule has 19 heavy (non-hydrogen) atoms. The average Bonchev–Trinajstić information content (AvgIpc) is 2.34. The second-order valence-electron chi connectivity index (χ2n) is 6.06. The predicted molar refractivity (Wildman–Crippen MR) is 78.2 cm³/mol. The predicted octanol–water partition coefficient (Wildman–Crippen LogP) is 2.96. The molecular weight excluding hydrogens is 236 g/mol. The van der Waals surface area contributed by atoms with Crippen LogP contribution >= 0.6 is 0 Å². The smallest absolute Gasteiger partial charge is 0.169 e. The van der Waals surface area contributed by atoms with E-state index >= 15 is 0 Å². The van der Waals surface area contributed by atoms with Gasteiger partial charge in [-0.15, -0.1) is 5.10 Å². The Morgan fingerprint density at radius 3 is 2.21 bits per heavy atom. The Morgan fingerprint density at radius 1 is 1.16 bits per heavy atom. The van der Waals surface area contributed by atoms with E-state index in [0.717, 1.165) is 30.6 Å². The number of rotatable bonds is 4. The Hall–Kier alpha value is -1.63. The fourth-order valence-corrected chi connectivity index (χ4v) is 2.33. The van der Waals surface area contributed by atoms with Crippen molar-refractivity contribution < 1.29 is 0 Å². The zero-order valence-electron chi connectivity index (χ0n) is 12.9. The van der Waals surface area contributed by atoms with Crippen molar-refractivity contribution in [3.8, 4) is 6.07 Å². The van der Waals surface area contributed by atoms with Crippen molar-refractivity contribution in [1.82, 2.24) is 10.2 Å². The molecule has 0 saturated heterocycles. The summed E-state index contributed by atoms with van der Waals surface area (Å²) >= 11 is 0. The van der Waals surface area contributed by atoms with Crippen LogP contribution in [0.4, 0.5) is 5.82 Å². The van der Waals surface area contributed by atoms with E-state index in [0.29, 0.717) is 11.4 Å². The molecule has 0 unspecified atom stereocenters. The summed E-state index contributed by atoms with van der Waals surface area (Å²) in [5.41, 5.74) is 2.81. The van der Waals surface area contributed by atoms with Crippen molar-refractivity contribution in [2.24, 2.45) is 5.41 Å². The molecule has 4 nitrogen and oxygen atoms in total. The molecule has 1 rings (SSSR count). The Labute approximate surface area is 116 Å². The minimum Gasteiger partial charge on any atom is -0.357 e. The minimum atomic E-state index is 0.152. The second kappa shape index (κ2) is 6.01. The van der Waals surface area contributed by atoms with E-state index in [2.05, 4.69) is 44.0 Å². The largest absolute Gasteiger partial charge is 0.357 e. The van der Waals surface area contributed by atoms with Gasteiger partial charge in [0.25, 0.3) is 0 Å². The van der Waals surface area contributed by atoms with Gasteiger partial charge >= 0.3 is 0 Å². The van der Waals surface area contributed by atoms with Gasteiger partial charge in [-0.2, -0.15) is 10.4 Å². The summed E-state index contributed by atoms with van der Waals surface area (Å²) in [5.74, 6) is 0.700. The third kappa shape index (κ3) is 3.66. The van der Waals surface area contributed by atoms with Crippen LogP contribution in [0, 0.1) is 16.7 Å². The topological polar surface area (TPSA) is 52.8 Å². The Bertz CT molecular complexity index is 480. The molecule has 1 aromatic rings. The summed E-state index contributed by atoms with van der Waals surface area (Å²) in [6.07, 6.45) is 1.63. The molecule has 0 atom stereocenters. The van der Waals surface area contributed by atoms with Gasteiger partial charge < -0.3 is 4.90 Å². The number of anilines is 1. The molecule has 0 aromatic carbocycles. The summed E-state index contributed by atoms with van der Waals surface area (Å²) in [6, 6.07) is 2.31. The zero-order chi connectivity index (χ0) is 14.6. The molecular formula is C15H24N4. The standard InChI is InChI=1S/C15H24N4/c1-7-11-12(9-16)14(18-17-13(11)8-2)19(6)10-15(3,4)5/h7-8,10H2,1-6H3. The van der Waals surface area contributed by atoms with Gasteiger partial charge in [0, 0.05) is 13.6 Å². The molecule has 104 valence electrons. The molecule has 0 N–H and O–H groups in total. The minimum absolute atomic E-state index is 0.152. The van der Waals surface area contributed by atoms with Gasteiger partial charge in [0.1, 0.15) is 11.6 Å².